The van der Waals surface area contributed by atoms with Crippen LogP contribution in [0.1, 0.15) is 35.0 Å². The number of rotatable bonds is 4. The van der Waals surface area contributed by atoms with E-state index in [4.69, 9.17) is 11.6 Å². The van der Waals surface area contributed by atoms with E-state index in [1.807, 2.05) is 13.8 Å². The third-order valence-electron chi connectivity index (χ3n) is 2.71. The number of aromatic nitrogens is 1. The van der Waals surface area contributed by atoms with Gasteiger partial charge in [-0.3, -0.25) is 20.2 Å². The summed E-state index contributed by atoms with van der Waals surface area (Å²) in [6.45, 7) is 4.03. The Balaban J connectivity index is 2.27. The van der Waals surface area contributed by atoms with Crippen LogP contribution in [0.4, 0.5) is 10.8 Å². The highest BCUT2D eigenvalue weighted by molar-refractivity contribution is 7.15. The molecule has 0 spiro atoms. The van der Waals surface area contributed by atoms with Gasteiger partial charge in [-0.05, 0) is 18.1 Å². The van der Waals surface area contributed by atoms with Crippen molar-refractivity contribution in [3.63, 3.8) is 0 Å². The average molecular weight is 326 g/mol. The van der Waals surface area contributed by atoms with Gasteiger partial charge >= 0.3 is 0 Å². The number of nitro benzene ring substituents is 1. The van der Waals surface area contributed by atoms with Crippen LogP contribution in [0.3, 0.4) is 0 Å². The lowest BCUT2D eigenvalue weighted by atomic mass is 10.1. The summed E-state index contributed by atoms with van der Waals surface area (Å²) < 4.78 is 0. The van der Waals surface area contributed by atoms with Crippen LogP contribution in [-0.2, 0) is 0 Å². The number of amides is 1. The molecular formula is C13H12ClN3O3S. The first-order chi connectivity index (χ1) is 9.88. The zero-order valence-electron chi connectivity index (χ0n) is 11.3. The van der Waals surface area contributed by atoms with E-state index < -0.39 is 10.8 Å². The van der Waals surface area contributed by atoms with Gasteiger partial charge in [0, 0.05) is 22.2 Å². The van der Waals surface area contributed by atoms with Crippen LogP contribution >= 0.6 is 22.9 Å². The average Bonchev–Trinajstić information content (AvgIpc) is 2.86. The molecule has 0 aliphatic rings. The molecule has 21 heavy (non-hydrogen) atoms. The van der Waals surface area contributed by atoms with E-state index in [0.29, 0.717) is 11.0 Å². The van der Waals surface area contributed by atoms with Gasteiger partial charge in [0.15, 0.2) is 5.13 Å². The molecule has 1 aromatic carbocycles. The molecule has 1 amide bonds. The van der Waals surface area contributed by atoms with Crippen molar-refractivity contribution in [2.45, 2.75) is 19.8 Å². The lowest BCUT2D eigenvalue weighted by molar-refractivity contribution is -0.385. The molecule has 0 unspecified atom stereocenters. The van der Waals surface area contributed by atoms with E-state index in [0.717, 1.165) is 4.88 Å². The minimum Gasteiger partial charge on any atom is -0.298 e. The molecule has 0 aliphatic heterocycles. The van der Waals surface area contributed by atoms with Gasteiger partial charge in [-0.15, -0.1) is 11.3 Å². The Bertz CT molecular complexity index is 700. The van der Waals surface area contributed by atoms with Gasteiger partial charge in [-0.2, -0.15) is 0 Å². The number of thiazole rings is 1. The standard InChI is InChI=1S/C13H12ClN3O3S/c1-7(2)11-6-15-13(21-11)16-12(18)9-5-8(14)3-4-10(9)17(19)20/h3-7H,1-2H3,(H,15,16,18). The Hall–Kier alpha value is -1.99. The van der Waals surface area contributed by atoms with Crippen LogP contribution in [0.25, 0.3) is 0 Å². The number of carbonyl (C=O) groups is 1. The molecule has 0 radical (unpaired) electrons. The number of anilines is 1. The van der Waals surface area contributed by atoms with E-state index >= 15 is 0 Å². The molecule has 0 saturated carbocycles. The highest BCUT2D eigenvalue weighted by atomic mass is 35.5. The number of nitro groups is 1. The molecule has 1 heterocycles. The predicted molar refractivity (Wildman–Crippen MR) is 82.3 cm³/mol. The first kappa shape index (κ1) is 15.4. The van der Waals surface area contributed by atoms with Gasteiger partial charge in [0.05, 0.1) is 4.92 Å². The predicted octanol–water partition coefficient (Wildman–Crippen LogP) is 4.08. The minimum absolute atomic E-state index is 0.0891. The first-order valence-electron chi connectivity index (χ1n) is 6.09. The number of hydrogen-bond donors (Lipinski definition) is 1. The number of halogens is 1. The molecule has 0 bridgehead atoms. The van der Waals surface area contributed by atoms with E-state index in [9.17, 15) is 14.9 Å². The van der Waals surface area contributed by atoms with E-state index in [1.54, 1.807) is 6.20 Å². The fourth-order valence-corrected chi connectivity index (χ4v) is 2.61. The summed E-state index contributed by atoms with van der Waals surface area (Å²) in [5.41, 5.74) is -0.383. The molecule has 1 aromatic heterocycles. The summed E-state index contributed by atoms with van der Waals surface area (Å²) in [7, 11) is 0. The monoisotopic (exact) mass is 325 g/mol. The minimum atomic E-state index is -0.618. The smallest absolute Gasteiger partial charge is 0.282 e. The summed E-state index contributed by atoms with van der Waals surface area (Å²) in [6, 6.07) is 3.85. The normalized spacial score (nSPS) is 10.7. The van der Waals surface area contributed by atoms with Crippen molar-refractivity contribution < 1.29 is 9.72 Å². The van der Waals surface area contributed by atoms with Crippen LogP contribution in [0.15, 0.2) is 24.4 Å². The fraction of sp³-hybridized carbons (Fsp3) is 0.231. The van der Waals surface area contributed by atoms with Crippen molar-refractivity contribution in [3.05, 3.63) is 50.0 Å². The Morgan fingerprint density at radius 1 is 1.48 bits per heavy atom. The Morgan fingerprint density at radius 2 is 2.19 bits per heavy atom. The highest BCUT2D eigenvalue weighted by Gasteiger charge is 2.21. The Morgan fingerprint density at radius 3 is 2.76 bits per heavy atom. The Labute approximate surface area is 129 Å². The van der Waals surface area contributed by atoms with Crippen molar-refractivity contribution in [1.29, 1.82) is 0 Å². The number of nitrogens with zero attached hydrogens (tertiary/aromatic N) is 2. The summed E-state index contributed by atoms with van der Waals surface area (Å²) >= 11 is 7.14. The molecule has 0 saturated heterocycles. The zero-order chi connectivity index (χ0) is 15.6. The molecule has 8 heteroatoms. The first-order valence-corrected chi connectivity index (χ1v) is 7.29. The molecular weight excluding hydrogens is 314 g/mol. The van der Waals surface area contributed by atoms with Gasteiger partial charge in [-0.1, -0.05) is 25.4 Å². The second-order valence-corrected chi connectivity index (χ2v) is 6.09. The Kier molecular flexibility index (Phi) is 4.54. The summed E-state index contributed by atoms with van der Waals surface area (Å²) in [6.07, 6.45) is 1.68. The number of nitrogens with one attached hydrogen (secondary N) is 1. The molecule has 110 valence electrons. The van der Waals surface area contributed by atoms with Gasteiger partial charge in [0.25, 0.3) is 11.6 Å². The highest BCUT2D eigenvalue weighted by Crippen LogP contribution is 2.27. The molecule has 2 rings (SSSR count). The third-order valence-corrected chi connectivity index (χ3v) is 4.16. The van der Waals surface area contributed by atoms with Gasteiger partial charge < -0.3 is 0 Å². The summed E-state index contributed by atoms with van der Waals surface area (Å²) in [4.78, 5) is 27.6. The zero-order valence-corrected chi connectivity index (χ0v) is 12.9. The van der Waals surface area contributed by atoms with Crippen LogP contribution in [-0.4, -0.2) is 15.8 Å². The lowest BCUT2D eigenvalue weighted by Crippen LogP contribution is -2.13. The number of carbonyl (C=O) groups excluding carboxylic acids is 1. The van der Waals surface area contributed by atoms with Crippen molar-refractivity contribution in [2.75, 3.05) is 5.32 Å². The summed E-state index contributed by atoms with van der Waals surface area (Å²) in [5, 5.41) is 14.2. The van der Waals surface area contributed by atoms with Crippen LogP contribution in [0.2, 0.25) is 5.02 Å². The van der Waals surface area contributed by atoms with Crippen LogP contribution in [0, 0.1) is 10.1 Å². The quantitative estimate of drug-likeness (QED) is 0.678. The van der Waals surface area contributed by atoms with Crippen molar-refractivity contribution >= 4 is 39.7 Å². The van der Waals surface area contributed by atoms with Gasteiger partial charge in [0.1, 0.15) is 5.56 Å². The molecule has 0 atom stereocenters. The second-order valence-electron chi connectivity index (χ2n) is 4.60. The maximum atomic E-state index is 12.2. The van der Waals surface area contributed by atoms with E-state index in [-0.39, 0.29) is 16.3 Å². The lowest BCUT2D eigenvalue weighted by Gasteiger charge is -2.03. The van der Waals surface area contributed by atoms with Gasteiger partial charge in [-0.25, -0.2) is 4.98 Å². The van der Waals surface area contributed by atoms with Crippen LogP contribution in [0.5, 0.6) is 0 Å². The number of hydrogen-bond acceptors (Lipinski definition) is 5. The second kappa shape index (κ2) is 6.19. The van der Waals surface area contributed by atoms with Crippen LogP contribution < -0.4 is 5.32 Å². The number of benzene rings is 1. The maximum Gasteiger partial charge on any atom is 0.282 e. The van der Waals surface area contributed by atoms with Crippen molar-refractivity contribution in [3.8, 4) is 0 Å². The topological polar surface area (TPSA) is 85.1 Å². The summed E-state index contributed by atoms with van der Waals surface area (Å²) in [5.74, 6) is -0.303. The third kappa shape index (κ3) is 3.56. The molecule has 0 fully saturated rings. The maximum absolute atomic E-state index is 12.2. The van der Waals surface area contributed by atoms with E-state index in [1.165, 1.54) is 29.5 Å². The molecule has 6 nitrogen and oxygen atoms in total. The van der Waals surface area contributed by atoms with Crippen molar-refractivity contribution in [2.24, 2.45) is 0 Å². The molecule has 2 aromatic rings. The van der Waals surface area contributed by atoms with E-state index in [2.05, 4.69) is 10.3 Å². The molecule has 0 aliphatic carbocycles. The fourth-order valence-electron chi connectivity index (χ4n) is 1.63. The SMILES string of the molecule is CC(C)c1cnc(NC(=O)c2cc(Cl)ccc2[N+](=O)[O-])s1. The molecule has 1 N–H and O–H groups in total. The largest absolute Gasteiger partial charge is 0.298 e. The van der Waals surface area contributed by atoms with Crippen molar-refractivity contribution in [1.82, 2.24) is 4.98 Å². The van der Waals surface area contributed by atoms with Gasteiger partial charge in [0.2, 0.25) is 0 Å².